The standard InChI is InChI=1S/C17H19F2NO/c1-11-6-13(9-20-3)7-12(2)17(11)21-10-14-8-15(18)4-5-16(14)19/h4-8,20H,9-10H2,1-3H3. The van der Waals surface area contributed by atoms with Crippen LogP contribution in [0.4, 0.5) is 8.78 Å². The molecule has 0 fully saturated rings. The molecule has 0 unspecified atom stereocenters. The third-order valence-electron chi connectivity index (χ3n) is 3.28. The largest absolute Gasteiger partial charge is 0.488 e. The maximum atomic E-state index is 13.6. The van der Waals surface area contributed by atoms with E-state index in [0.717, 1.165) is 47.2 Å². The van der Waals surface area contributed by atoms with Crippen molar-refractivity contribution in [2.24, 2.45) is 0 Å². The van der Waals surface area contributed by atoms with Gasteiger partial charge in [0.05, 0.1) is 0 Å². The van der Waals surface area contributed by atoms with Crippen LogP contribution in [-0.4, -0.2) is 7.05 Å². The molecule has 0 radical (unpaired) electrons. The van der Waals surface area contributed by atoms with E-state index in [0.29, 0.717) is 0 Å². The lowest BCUT2D eigenvalue weighted by Gasteiger charge is -2.14. The Morgan fingerprint density at radius 1 is 1.05 bits per heavy atom. The van der Waals surface area contributed by atoms with Crippen molar-refractivity contribution in [3.05, 3.63) is 64.2 Å². The van der Waals surface area contributed by atoms with E-state index in [9.17, 15) is 8.78 Å². The van der Waals surface area contributed by atoms with Crippen LogP contribution in [0.25, 0.3) is 0 Å². The first-order valence-electron chi connectivity index (χ1n) is 6.82. The Labute approximate surface area is 123 Å². The minimum atomic E-state index is -0.465. The highest BCUT2D eigenvalue weighted by molar-refractivity contribution is 5.43. The molecule has 0 atom stereocenters. The molecule has 0 amide bonds. The Bertz CT molecular complexity index is 618. The number of hydrogen-bond donors (Lipinski definition) is 1. The van der Waals surface area contributed by atoms with E-state index in [1.807, 2.05) is 33.0 Å². The summed E-state index contributed by atoms with van der Waals surface area (Å²) in [4.78, 5) is 0. The van der Waals surface area contributed by atoms with Gasteiger partial charge < -0.3 is 10.1 Å². The monoisotopic (exact) mass is 291 g/mol. The summed E-state index contributed by atoms with van der Waals surface area (Å²) in [5, 5.41) is 3.10. The first-order valence-corrected chi connectivity index (χ1v) is 6.82. The minimum absolute atomic E-state index is 0.0106. The van der Waals surface area contributed by atoms with Crippen molar-refractivity contribution in [1.29, 1.82) is 0 Å². The predicted octanol–water partition coefficient (Wildman–Crippen LogP) is 3.88. The topological polar surface area (TPSA) is 21.3 Å². The van der Waals surface area contributed by atoms with Gasteiger partial charge in [0, 0.05) is 12.1 Å². The molecule has 0 spiro atoms. The van der Waals surface area contributed by atoms with E-state index in [1.54, 1.807) is 0 Å². The second-order valence-corrected chi connectivity index (χ2v) is 5.11. The Morgan fingerprint density at radius 3 is 2.33 bits per heavy atom. The van der Waals surface area contributed by atoms with Crippen LogP contribution < -0.4 is 10.1 Å². The summed E-state index contributed by atoms with van der Waals surface area (Å²) >= 11 is 0. The molecule has 0 heterocycles. The molecule has 21 heavy (non-hydrogen) atoms. The molecule has 0 aliphatic heterocycles. The summed E-state index contributed by atoms with van der Waals surface area (Å²) in [5.41, 5.74) is 3.35. The maximum absolute atomic E-state index is 13.6. The van der Waals surface area contributed by atoms with Crippen LogP contribution in [0.3, 0.4) is 0 Å². The smallest absolute Gasteiger partial charge is 0.130 e. The second kappa shape index (κ2) is 6.68. The van der Waals surface area contributed by atoms with Gasteiger partial charge in [-0.05, 0) is 55.8 Å². The lowest BCUT2D eigenvalue weighted by Crippen LogP contribution is -2.07. The van der Waals surface area contributed by atoms with Crippen molar-refractivity contribution in [2.75, 3.05) is 7.05 Å². The lowest BCUT2D eigenvalue weighted by molar-refractivity contribution is 0.295. The molecule has 0 bridgehead atoms. The fourth-order valence-electron chi connectivity index (χ4n) is 2.38. The predicted molar refractivity (Wildman–Crippen MR) is 79.4 cm³/mol. The van der Waals surface area contributed by atoms with E-state index in [4.69, 9.17) is 4.74 Å². The van der Waals surface area contributed by atoms with Crippen molar-refractivity contribution < 1.29 is 13.5 Å². The van der Waals surface area contributed by atoms with Gasteiger partial charge in [0.2, 0.25) is 0 Å². The quantitative estimate of drug-likeness (QED) is 0.902. The van der Waals surface area contributed by atoms with Crippen LogP contribution in [0.2, 0.25) is 0 Å². The second-order valence-electron chi connectivity index (χ2n) is 5.11. The zero-order chi connectivity index (χ0) is 15.4. The summed E-state index contributed by atoms with van der Waals surface area (Å²) in [6.45, 7) is 4.68. The molecule has 0 aromatic heterocycles. The van der Waals surface area contributed by atoms with Crippen LogP contribution >= 0.6 is 0 Å². The van der Waals surface area contributed by atoms with Crippen LogP contribution in [0.15, 0.2) is 30.3 Å². The van der Waals surface area contributed by atoms with Crippen LogP contribution in [0.1, 0.15) is 22.3 Å². The fourth-order valence-corrected chi connectivity index (χ4v) is 2.38. The fraction of sp³-hybridized carbons (Fsp3) is 0.294. The summed E-state index contributed by atoms with van der Waals surface area (Å²) in [7, 11) is 1.89. The van der Waals surface area contributed by atoms with Gasteiger partial charge in [-0.1, -0.05) is 12.1 Å². The number of halogens is 2. The highest BCUT2D eigenvalue weighted by Gasteiger charge is 2.09. The Kier molecular flexibility index (Phi) is 4.91. The van der Waals surface area contributed by atoms with Crippen molar-refractivity contribution in [2.45, 2.75) is 27.0 Å². The normalized spacial score (nSPS) is 10.7. The zero-order valence-electron chi connectivity index (χ0n) is 12.5. The molecule has 2 nitrogen and oxygen atoms in total. The van der Waals surface area contributed by atoms with Gasteiger partial charge in [-0.15, -0.1) is 0 Å². The van der Waals surface area contributed by atoms with Gasteiger partial charge in [-0.25, -0.2) is 8.78 Å². The van der Waals surface area contributed by atoms with Crippen molar-refractivity contribution >= 4 is 0 Å². The summed E-state index contributed by atoms with van der Waals surface area (Å²) in [5.74, 6) is -0.204. The molecular weight excluding hydrogens is 272 g/mol. The van der Waals surface area contributed by atoms with E-state index in [2.05, 4.69) is 5.32 Å². The molecule has 0 aliphatic rings. The van der Waals surface area contributed by atoms with E-state index in [-0.39, 0.29) is 12.2 Å². The molecule has 2 aromatic carbocycles. The average Bonchev–Trinajstić information content (AvgIpc) is 2.42. The van der Waals surface area contributed by atoms with E-state index in [1.165, 1.54) is 0 Å². The van der Waals surface area contributed by atoms with Crippen molar-refractivity contribution in [3.8, 4) is 5.75 Å². The van der Waals surface area contributed by atoms with Crippen molar-refractivity contribution in [3.63, 3.8) is 0 Å². The third-order valence-corrected chi connectivity index (χ3v) is 3.28. The third kappa shape index (κ3) is 3.79. The Balaban J connectivity index is 2.18. The molecule has 2 aromatic rings. The molecule has 1 N–H and O–H groups in total. The number of nitrogens with one attached hydrogen (secondary N) is 1. The van der Waals surface area contributed by atoms with E-state index >= 15 is 0 Å². The van der Waals surface area contributed by atoms with Gasteiger partial charge in [0.25, 0.3) is 0 Å². The number of hydrogen-bond acceptors (Lipinski definition) is 2. The average molecular weight is 291 g/mol. The van der Waals surface area contributed by atoms with Crippen LogP contribution in [0.5, 0.6) is 5.75 Å². The van der Waals surface area contributed by atoms with Crippen LogP contribution in [0, 0.1) is 25.5 Å². The van der Waals surface area contributed by atoms with Gasteiger partial charge in [-0.2, -0.15) is 0 Å². The SMILES string of the molecule is CNCc1cc(C)c(OCc2cc(F)ccc2F)c(C)c1. The van der Waals surface area contributed by atoms with Gasteiger partial charge in [0.1, 0.15) is 24.0 Å². The highest BCUT2D eigenvalue weighted by Crippen LogP contribution is 2.26. The number of benzene rings is 2. The summed E-state index contributed by atoms with van der Waals surface area (Å²) in [6, 6.07) is 7.43. The zero-order valence-corrected chi connectivity index (χ0v) is 12.5. The number of rotatable bonds is 5. The highest BCUT2D eigenvalue weighted by atomic mass is 19.1. The molecule has 112 valence electrons. The first kappa shape index (κ1) is 15.4. The molecule has 4 heteroatoms. The Morgan fingerprint density at radius 2 is 1.71 bits per heavy atom. The van der Waals surface area contributed by atoms with Gasteiger partial charge in [0.15, 0.2) is 0 Å². The molecule has 0 saturated carbocycles. The lowest BCUT2D eigenvalue weighted by atomic mass is 10.1. The number of ether oxygens (including phenoxy) is 1. The van der Waals surface area contributed by atoms with Crippen molar-refractivity contribution in [1.82, 2.24) is 5.32 Å². The summed E-state index contributed by atoms with van der Waals surface area (Å²) < 4.78 is 32.4. The minimum Gasteiger partial charge on any atom is -0.488 e. The molecular formula is C17H19F2NO. The molecule has 2 rings (SSSR count). The molecule has 0 aliphatic carbocycles. The van der Waals surface area contributed by atoms with Gasteiger partial charge >= 0.3 is 0 Å². The Hall–Kier alpha value is -1.94. The van der Waals surface area contributed by atoms with E-state index < -0.39 is 11.6 Å². The van der Waals surface area contributed by atoms with Crippen LogP contribution in [-0.2, 0) is 13.2 Å². The maximum Gasteiger partial charge on any atom is 0.130 e. The first-order chi connectivity index (χ1) is 10.0. The van der Waals surface area contributed by atoms with Gasteiger partial charge in [-0.3, -0.25) is 0 Å². The molecule has 0 saturated heterocycles. The summed E-state index contributed by atoms with van der Waals surface area (Å²) in [6.07, 6.45) is 0. The number of aryl methyl sites for hydroxylation is 2.